The summed E-state index contributed by atoms with van der Waals surface area (Å²) >= 11 is 1.68. The van der Waals surface area contributed by atoms with Gasteiger partial charge in [0.05, 0.1) is 0 Å². The summed E-state index contributed by atoms with van der Waals surface area (Å²) in [5.41, 5.74) is 1.51. The summed E-state index contributed by atoms with van der Waals surface area (Å²) in [7, 11) is 0. The van der Waals surface area contributed by atoms with Gasteiger partial charge < -0.3 is 15.5 Å². The lowest BCUT2D eigenvalue weighted by Crippen LogP contribution is -2.48. The number of thiazole rings is 1. The molecule has 1 aliphatic carbocycles. The Bertz CT molecular complexity index is 521. The lowest BCUT2D eigenvalue weighted by atomic mass is 9.97. The molecule has 1 aromatic rings. The third kappa shape index (κ3) is 4.96. The zero-order valence-electron chi connectivity index (χ0n) is 13.6. The standard InChI is InChI=1S/C17H26N4OS/c22-16(18-9-6-14-4-2-1-3-5-14)20-15-7-11-21(12-8-15)17-19-10-13-23-17/h4,10,13,15H,1-3,5-9,11-12H2,(H2,18,20,22). The normalized spacial score (nSPS) is 19.3. The van der Waals surface area contributed by atoms with E-state index in [1.54, 1.807) is 11.3 Å². The molecule has 2 heterocycles. The Balaban J connectivity index is 1.32. The average Bonchev–Trinajstić information content (AvgIpc) is 3.11. The van der Waals surface area contributed by atoms with E-state index < -0.39 is 0 Å². The van der Waals surface area contributed by atoms with E-state index in [-0.39, 0.29) is 12.1 Å². The van der Waals surface area contributed by atoms with E-state index in [2.05, 4.69) is 26.6 Å². The van der Waals surface area contributed by atoms with Crippen LogP contribution in [0, 0.1) is 0 Å². The monoisotopic (exact) mass is 334 g/mol. The number of aromatic nitrogens is 1. The number of piperidine rings is 1. The smallest absolute Gasteiger partial charge is 0.315 e. The SMILES string of the molecule is O=C(NCCC1=CCCCC1)NC1CCN(c2nccs2)CC1. The molecule has 1 fully saturated rings. The molecule has 23 heavy (non-hydrogen) atoms. The van der Waals surface area contributed by atoms with Gasteiger partial charge in [0.15, 0.2) is 5.13 Å². The number of nitrogens with zero attached hydrogens (tertiary/aromatic N) is 2. The summed E-state index contributed by atoms with van der Waals surface area (Å²) in [5.74, 6) is 0. The Kier molecular flexibility index (Phi) is 5.91. The average molecular weight is 334 g/mol. The lowest BCUT2D eigenvalue weighted by molar-refractivity contribution is 0.234. The molecule has 1 saturated heterocycles. The third-order valence-corrected chi connectivity index (χ3v) is 5.47. The maximum Gasteiger partial charge on any atom is 0.315 e. The van der Waals surface area contributed by atoms with Gasteiger partial charge in [0.1, 0.15) is 0 Å². The number of urea groups is 1. The van der Waals surface area contributed by atoms with Crippen LogP contribution in [0.3, 0.4) is 0 Å². The van der Waals surface area contributed by atoms with E-state index in [1.165, 1.54) is 31.3 Å². The van der Waals surface area contributed by atoms with E-state index in [9.17, 15) is 4.79 Å². The van der Waals surface area contributed by atoms with Gasteiger partial charge in [-0.1, -0.05) is 11.6 Å². The molecule has 0 bridgehead atoms. The summed E-state index contributed by atoms with van der Waals surface area (Å²) < 4.78 is 0. The predicted octanol–water partition coefficient (Wildman–Crippen LogP) is 3.30. The topological polar surface area (TPSA) is 57.3 Å². The molecule has 1 aliphatic heterocycles. The molecule has 0 radical (unpaired) electrons. The van der Waals surface area contributed by atoms with Crippen LogP contribution in [0.15, 0.2) is 23.2 Å². The van der Waals surface area contributed by atoms with Crippen LogP contribution in [0.5, 0.6) is 0 Å². The minimum atomic E-state index is -0.0193. The first-order chi connectivity index (χ1) is 11.3. The first-order valence-electron chi connectivity index (χ1n) is 8.68. The van der Waals surface area contributed by atoms with Crippen molar-refractivity contribution in [1.82, 2.24) is 15.6 Å². The number of carbonyl (C=O) groups is 1. The molecular formula is C17H26N4OS. The minimum absolute atomic E-state index is 0.0193. The Morgan fingerprint density at radius 3 is 2.91 bits per heavy atom. The molecule has 126 valence electrons. The zero-order chi connectivity index (χ0) is 15.9. The van der Waals surface area contributed by atoms with Gasteiger partial charge in [0.2, 0.25) is 0 Å². The molecule has 0 spiro atoms. The lowest BCUT2D eigenvalue weighted by Gasteiger charge is -2.32. The molecule has 0 unspecified atom stereocenters. The van der Waals surface area contributed by atoms with Gasteiger partial charge in [-0.05, 0) is 44.9 Å². The van der Waals surface area contributed by atoms with Crippen LogP contribution in [0.25, 0.3) is 0 Å². The molecule has 1 aromatic heterocycles. The Morgan fingerprint density at radius 2 is 2.22 bits per heavy atom. The fourth-order valence-electron chi connectivity index (χ4n) is 3.29. The number of allylic oxidation sites excluding steroid dienone is 1. The number of rotatable bonds is 5. The third-order valence-electron chi connectivity index (χ3n) is 4.64. The van der Waals surface area contributed by atoms with E-state index in [0.29, 0.717) is 0 Å². The Morgan fingerprint density at radius 1 is 1.35 bits per heavy atom. The number of amides is 2. The highest BCUT2D eigenvalue weighted by Crippen LogP contribution is 2.22. The van der Waals surface area contributed by atoms with Crippen LogP contribution in [0.4, 0.5) is 9.93 Å². The molecule has 0 aromatic carbocycles. The van der Waals surface area contributed by atoms with Gasteiger partial charge in [-0.25, -0.2) is 9.78 Å². The molecule has 3 rings (SSSR count). The minimum Gasteiger partial charge on any atom is -0.348 e. The van der Waals surface area contributed by atoms with E-state index in [0.717, 1.165) is 44.0 Å². The van der Waals surface area contributed by atoms with Gasteiger partial charge in [0.25, 0.3) is 0 Å². The van der Waals surface area contributed by atoms with Gasteiger partial charge in [-0.15, -0.1) is 11.3 Å². The van der Waals surface area contributed by atoms with Crippen LogP contribution in [0.2, 0.25) is 0 Å². The fourth-order valence-corrected chi connectivity index (χ4v) is 3.99. The van der Waals surface area contributed by atoms with Gasteiger partial charge in [-0.3, -0.25) is 0 Å². The summed E-state index contributed by atoms with van der Waals surface area (Å²) in [6.07, 6.45) is 12.2. The summed E-state index contributed by atoms with van der Waals surface area (Å²) in [6.45, 7) is 2.67. The molecule has 0 saturated carbocycles. The van der Waals surface area contributed by atoms with E-state index >= 15 is 0 Å². The van der Waals surface area contributed by atoms with Crippen molar-refractivity contribution in [2.75, 3.05) is 24.5 Å². The summed E-state index contributed by atoms with van der Waals surface area (Å²) in [5, 5.41) is 9.21. The second-order valence-electron chi connectivity index (χ2n) is 6.33. The number of nitrogens with one attached hydrogen (secondary N) is 2. The van der Waals surface area contributed by atoms with E-state index in [1.807, 2.05) is 11.6 Å². The van der Waals surface area contributed by atoms with Crippen LogP contribution in [-0.4, -0.2) is 36.7 Å². The van der Waals surface area contributed by atoms with Crippen LogP contribution in [0.1, 0.15) is 44.9 Å². The van der Waals surface area contributed by atoms with Gasteiger partial charge in [-0.2, -0.15) is 0 Å². The largest absolute Gasteiger partial charge is 0.348 e. The zero-order valence-corrected chi connectivity index (χ0v) is 14.4. The number of hydrogen-bond acceptors (Lipinski definition) is 4. The van der Waals surface area contributed by atoms with E-state index in [4.69, 9.17) is 0 Å². The van der Waals surface area contributed by atoms with Crippen LogP contribution in [-0.2, 0) is 0 Å². The maximum atomic E-state index is 12.0. The summed E-state index contributed by atoms with van der Waals surface area (Å²) in [6, 6.07) is 0.259. The highest BCUT2D eigenvalue weighted by molar-refractivity contribution is 7.13. The first kappa shape index (κ1) is 16.3. The van der Waals surface area contributed by atoms with Gasteiger partial charge in [0, 0.05) is 37.3 Å². The Hall–Kier alpha value is -1.56. The maximum absolute atomic E-state index is 12.0. The molecule has 2 N–H and O–H groups in total. The molecule has 2 aliphatic rings. The number of anilines is 1. The Labute approximate surface area is 142 Å². The molecule has 0 atom stereocenters. The van der Waals surface area contributed by atoms with Crippen molar-refractivity contribution in [3.8, 4) is 0 Å². The van der Waals surface area contributed by atoms with Crippen LogP contribution < -0.4 is 15.5 Å². The van der Waals surface area contributed by atoms with Crippen molar-refractivity contribution in [1.29, 1.82) is 0 Å². The number of carbonyl (C=O) groups excluding carboxylic acids is 1. The molecule has 5 nitrogen and oxygen atoms in total. The fraction of sp³-hybridized carbons (Fsp3) is 0.647. The van der Waals surface area contributed by atoms with Crippen molar-refractivity contribution in [3.05, 3.63) is 23.2 Å². The van der Waals surface area contributed by atoms with Crippen molar-refractivity contribution in [2.45, 2.75) is 51.0 Å². The highest BCUT2D eigenvalue weighted by atomic mass is 32.1. The van der Waals surface area contributed by atoms with Gasteiger partial charge >= 0.3 is 6.03 Å². The molecular weight excluding hydrogens is 308 g/mol. The van der Waals surface area contributed by atoms with Crippen molar-refractivity contribution < 1.29 is 4.79 Å². The molecule has 2 amide bonds. The van der Waals surface area contributed by atoms with Crippen molar-refractivity contribution in [2.24, 2.45) is 0 Å². The quantitative estimate of drug-likeness (QED) is 0.812. The van der Waals surface area contributed by atoms with Crippen LogP contribution >= 0.6 is 11.3 Å². The summed E-state index contributed by atoms with van der Waals surface area (Å²) in [4.78, 5) is 18.6. The van der Waals surface area contributed by atoms with Crippen molar-refractivity contribution >= 4 is 22.5 Å². The second kappa shape index (κ2) is 8.34. The van der Waals surface area contributed by atoms with Crippen molar-refractivity contribution in [3.63, 3.8) is 0 Å². The molecule has 6 heteroatoms. The number of hydrogen-bond donors (Lipinski definition) is 2. The predicted molar refractivity (Wildman–Crippen MR) is 95.1 cm³/mol. The highest BCUT2D eigenvalue weighted by Gasteiger charge is 2.21. The first-order valence-corrected chi connectivity index (χ1v) is 9.56. The second-order valence-corrected chi connectivity index (χ2v) is 7.21.